The van der Waals surface area contributed by atoms with E-state index in [1.165, 1.54) is 0 Å². The predicted molar refractivity (Wildman–Crippen MR) is 87.4 cm³/mol. The second-order valence-corrected chi connectivity index (χ2v) is 5.69. The number of aryl methyl sites for hydroxylation is 1. The summed E-state index contributed by atoms with van der Waals surface area (Å²) in [5, 5.41) is 21.1. The molecule has 124 valence electrons. The summed E-state index contributed by atoms with van der Waals surface area (Å²) >= 11 is 0. The fraction of sp³-hybridized carbons (Fsp3) is 0.600. The van der Waals surface area contributed by atoms with Crippen molar-refractivity contribution in [2.24, 2.45) is 0 Å². The van der Waals surface area contributed by atoms with Gasteiger partial charge in [-0.3, -0.25) is 0 Å². The zero-order valence-electron chi connectivity index (χ0n) is 13.4. The van der Waals surface area contributed by atoms with Gasteiger partial charge in [-0.25, -0.2) is 4.98 Å². The minimum absolute atomic E-state index is 0.268. The number of hydrogen-bond acceptors (Lipinski definition) is 7. The molecule has 0 aliphatic carbocycles. The van der Waals surface area contributed by atoms with Crippen molar-refractivity contribution in [3.63, 3.8) is 0 Å². The predicted octanol–water partition coefficient (Wildman–Crippen LogP) is 0.704. The van der Waals surface area contributed by atoms with Crippen molar-refractivity contribution in [1.29, 1.82) is 0 Å². The van der Waals surface area contributed by atoms with E-state index in [1.54, 1.807) is 12.5 Å². The Morgan fingerprint density at radius 1 is 1.43 bits per heavy atom. The van der Waals surface area contributed by atoms with Crippen LogP contribution in [-0.4, -0.2) is 55.6 Å². The minimum atomic E-state index is -0.268. The van der Waals surface area contributed by atoms with Crippen LogP contribution in [0.4, 0.5) is 11.8 Å². The molecule has 23 heavy (non-hydrogen) atoms. The molecule has 0 bridgehead atoms. The third kappa shape index (κ3) is 3.95. The molecule has 1 aliphatic heterocycles. The highest BCUT2D eigenvalue weighted by molar-refractivity contribution is 5.43. The van der Waals surface area contributed by atoms with Gasteiger partial charge in [0.2, 0.25) is 5.95 Å². The van der Waals surface area contributed by atoms with Gasteiger partial charge >= 0.3 is 0 Å². The molecule has 1 aliphatic rings. The number of rotatable bonds is 6. The van der Waals surface area contributed by atoms with Crippen LogP contribution in [0.15, 0.2) is 18.6 Å². The highest BCUT2D eigenvalue weighted by Gasteiger charge is 2.19. The molecule has 3 rings (SSSR count). The quantitative estimate of drug-likeness (QED) is 0.810. The van der Waals surface area contributed by atoms with Gasteiger partial charge in [0.25, 0.3) is 0 Å². The molecule has 0 spiro atoms. The second-order valence-electron chi connectivity index (χ2n) is 5.69. The lowest BCUT2D eigenvalue weighted by Gasteiger charge is -2.31. The number of aliphatic hydroxyl groups is 1. The number of aliphatic hydroxyl groups excluding tert-OH is 1. The van der Waals surface area contributed by atoms with Crippen LogP contribution in [-0.2, 0) is 13.0 Å². The first-order valence-corrected chi connectivity index (χ1v) is 8.13. The lowest BCUT2D eigenvalue weighted by atomic mass is 10.1. The number of anilines is 2. The maximum Gasteiger partial charge on any atom is 0.224 e. The fourth-order valence-electron chi connectivity index (χ4n) is 2.80. The molecular formula is C15H23N7O. The van der Waals surface area contributed by atoms with Crippen LogP contribution >= 0.6 is 0 Å². The molecule has 2 aromatic heterocycles. The fourth-order valence-corrected chi connectivity index (χ4v) is 2.80. The van der Waals surface area contributed by atoms with Crippen molar-refractivity contribution in [2.75, 3.05) is 29.9 Å². The van der Waals surface area contributed by atoms with Crippen LogP contribution in [0.3, 0.4) is 0 Å². The zero-order chi connectivity index (χ0) is 16.1. The Bertz CT molecular complexity index is 630. The van der Waals surface area contributed by atoms with Gasteiger partial charge in [0.15, 0.2) is 0 Å². The largest absolute Gasteiger partial charge is 0.391 e. The maximum absolute atomic E-state index is 9.79. The smallest absolute Gasteiger partial charge is 0.224 e. The summed E-state index contributed by atoms with van der Waals surface area (Å²) in [5.41, 5.74) is 0. The molecule has 1 fully saturated rings. The van der Waals surface area contributed by atoms with E-state index in [9.17, 15) is 5.11 Å². The molecule has 2 N–H and O–H groups in total. The number of hydrogen-bond donors (Lipinski definition) is 2. The van der Waals surface area contributed by atoms with Gasteiger partial charge in [-0.2, -0.15) is 4.98 Å². The molecular weight excluding hydrogens is 294 g/mol. The van der Waals surface area contributed by atoms with E-state index < -0.39 is 0 Å². The molecule has 8 heteroatoms. The number of nitrogens with one attached hydrogen (secondary N) is 1. The highest BCUT2D eigenvalue weighted by Crippen LogP contribution is 2.18. The summed E-state index contributed by atoms with van der Waals surface area (Å²) in [5.74, 6) is 2.42. The average Bonchev–Trinajstić information content (AvgIpc) is 3.03. The molecule has 3 heterocycles. The molecule has 0 aromatic carbocycles. The van der Waals surface area contributed by atoms with Crippen LogP contribution in [0.5, 0.6) is 0 Å². The Kier molecular flexibility index (Phi) is 5.02. The van der Waals surface area contributed by atoms with Crippen LogP contribution in [0.25, 0.3) is 0 Å². The lowest BCUT2D eigenvalue weighted by molar-refractivity contribution is 0.154. The highest BCUT2D eigenvalue weighted by atomic mass is 16.3. The summed E-state index contributed by atoms with van der Waals surface area (Å²) in [6.07, 6.45) is 5.85. The Balaban J connectivity index is 1.57. The third-order valence-corrected chi connectivity index (χ3v) is 4.03. The van der Waals surface area contributed by atoms with Crippen molar-refractivity contribution in [1.82, 2.24) is 24.7 Å². The number of aromatic nitrogens is 5. The molecule has 0 saturated carbocycles. The monoisotopic (exact) mass is 317 g/mol. The van der Waals surface area contributed by atoms with Crippen LogP contribution < -0.4 is 10.2 Å². The summed E-state index contributed by atoms with van der Waals surface area (Å²) in [6, 6.07) is 1.89. The molecule has 0 radical (unpaired) electrons. The normalized spacial score (nSPS) is 18.2. The Labute approximate surface area is 135 Å². The standard InChI is InChI=1S/C15H23N7O/c1-2-21-11-18-20-14(21)6-8-17-15-16-7-5-13(19-15)22-9-3-4-12(23)10-22/h5,7,11-12,23H,2-4,6,8-10H2,1H3,(H,16,17,19)/t12-/m0/s1. The Morgan fingerprint density at radius 2 is 2.35 bits per heavy atom. The molecule has 1 saturated heterocycles. The topological polar surface area (TPSA) is 92.0 Å². The molecule has 1 atom stereocenters. The van der Waals surface area contributed by atoms with E-state index in [0.29, 0.717) is 19.0 Å². The SMILES string of the molecule is CCn1cnnc1CCNc1nccc(N2CCC[C@H](O)C2)n1. The van der Waals surface area contributed by atoms with Crippen LogP contribution in [0, 0.1) is 0 Å². The van der Waals surface area contributed by atoms with Crippen LogP contribution in [0.2, 0.25) is 0 Å². The summed E-state index contributed by atoms with van der Waals surface area (Å²) < 4.78 is 2.02. The van der Waals surface area contributed by atoms with Crippen molar-refractivity contribution in [3.8, 4) is 0 Å². The van der Waals surface area contributed by atoms with E-state index in [-0.39, 0.29) is 6.10 Å². The van der Waals surface area contributed by atoms with E-state index >= 15 is 0 Å². The van der Waals surface area contributed by atoms with Gasteiger partial charge in [0.05, 0.1) is 6.10 Å². The van der Waals surface area contributed by atoms with E-state index in [1.807, 2.05) is 10.6 Å². The summed E-state index contributed by atoms with van der Waals surface area (Å²) in [7, 11) is 0. The van der Waals surface area contributed by atoms with Crippen molar-refractivity contribution in [2.45, 2.75) is 38.8 Å². The van der Waals surface area contributed by atoms with Gasteiger partial charge in [-0.15, -0.1) is 10.2 Å². The van der Waals surface area contributed by atoms with E-state index in [2.05, 4.69) is 37.3 Å². The first-order valence-electron chi connectivity index (χ1n) is 8.13. The van der Waals surface area contributed by atoms with Gasteiger partial charge in [-0.1, -0.05) is 0 Å². The number of β-amino-alcohol motifs (C(OH)–C–C–N with tert-alkyl or cyclic N) is 1. The molecule has 2 aromatic rings. The third-order valence-electron chi connectivity index (χ3n) is 4.03. The molecule has 0 amide bonds. The van der Waals surface area contributed by atoms with Crippen molar-refractivity contribution in [3.05, 3.63) is 24.4 Å². The van der Waals surface area contributed by atoms with Gasteiger partial charge < -0.3 is 19.9 Å². The van der Waals surface area contributed by atoms with Gasteiger partial charge in [-0.05, 0) is 25.8 Å². The Morgan fingerprint density at radius 3 is 3.17 bits per heavy atom. The van der Waals surface area contributed by atoms with Crippen molar-refractivity contribution >= 4 is 11.8 Å². The number of nitrogens with zero attached hydrogens (tertiary/aromatic N) is 6. The number of piperidine rings is 1. The molecule has 0 unspecified atom stereocenters. The first kappa shape index (κ1) is 15.7. The second kappa shape index (κ2) is 7.36. The Hall–Kier alpha value is -2.22. The first-order chi connectivity index (χ1) is 11.3. The zero-order valence-corrected chi connectivity index (χ0v) is 13.4. The lowest BCUT2D eigenvalue weighted by Crippen LogP contribution is -2.38. The van der Waals surface area contributed by atoms with Gasteiger partial charge in [0.1, 0.15) is 18.0 Å². The van der Waals surface area contributed by atoms with Crippen LogP contribution in [0.1, 0.15) is 25.6 Å². The maximum atomic E-state index is 9.79. The van der Waals surface area contributed by atoms with E-state index in [4.69, 9.17) is 0 Å². The average molecular weight is 317 g/mol. The van der Waals surface area contributed by atoms with Gasteiger partial charge in [0, 0.05) is 38.8 Å². The minimum Gasteiger partial charge on any atom is -0.391 e. The summed E-state index contributed by atoms with van der Waals surface area (Å²) in [4.78, 5) is 10.9. The summed E-state index contributed by atoms with van der Waals surface area (Å²) in [6.45, 7) is 5.19. The molecule has 8 nitrogen and oxygen atoms in total. The van der Waals surface area contributed by atoms with Crippen molar-refractivity contribution < 1.29 is 5.11 Å². The van der Waals surface area contributed by atoms with E-state index in [0.717, 1.165) is 44.0 Å².